The molecule has 0 unspecified atom stereocenters. The number of amides is 2. The maximum Gasteiger partial charge on any atom is 0.416 e. The zero-order valence-electron chi connectivity index (χ0n) is 15.1. The summed E-state index contributed by atoms with van der Waals surface area (Å²) in [4.78, 5) is 22.5. The van der Waals surface area contributed by atoms with Crippen molar-refractivity contribution in [2.24, 2.45) is 0 Å². The van der Waals surface area contributed by atoms with Crippen molar-refractivity contribution in [3.8, 4) is 23.1 Å². The number of rotatable bonds is 6. The summed E-state index contributed by atoms with van der Waals surface area (Å²) >= 11 is 0. The fourth-order valence-electron chi connectivity index (χ4n) is 2.70. The molecule has 0 bridgehead atoms. The Bertz CT molecular complexity index is 968. The number of nitrogens with one attached hydrogen (secondary N) is 2. The smallest absolute Gasteiger partial charge is 0.416 e. The third kappa shape index (κ3) is 5.62. The predicted molar refractivity (Wildman–Crippen MR) is 95.8 cm³/mol. The van der Waals surface area contributed by atoms with E-state index in [1.54, 1.807) is 6.07 Å². The van der Waals surface area contributed by atoms with Crippen LogP contribution in [-0.4, -0.2) is 24.2 Å². The molecule has 2 amide bonds. The average molecular weight is 407 g/mol. The van der Waals surface area contributed by atoms with Crippen LogP contribution in [0.15, 0.2) is 36.4 Å². The number of urea groups is 1. The number of nitriles is 1. The van der Waals surface area contributed by atoms with Crippen molar-refractivity contribution >= 4 is 12.0 Å². The molecule has 0 aliphatic carbocycles. The summed E-state index contributed by atoms with van der Waals surface area (Å²) in [6, 6.07) is 6.69. The van der Waals surface area contributed by atoms with Crippen LogP contribution in [0.4, 0.5) is 18.0 Å². The summed E-state index contributed by atoms with van der Waals surface area (Å²) in [7, 11) is 1.37. The van der Waals surface area contributed by atoms with Gasteiger partial charge in [-0.3, -0.25) is 4.79 Å². The molecule has 0 aliphatic rings. The number of ether oxygens (including phenoxy) is 1. The Balaban J connectivity index is 2.56. The van der Waals surface area contributed by atoms with Crippen LogP contribution in [0.2, 0.25) is 0 Å². The number of nitrogens with zero attached hydrogens (tertiary/aromatic N) is 1. The molecule has 0 atom stereocenters. The third-order valence-corrected chi connectivity index (χ3v) is 3.95. The molecular weight excluding hydrogens is 391 g/mol. The normalized spacial score (nSPS) is 10.7. The number of hydrogen-bond donors (Lipinski definition) is 3. The second-order valence-electron chi connectivity index (χ2n) is 5.89. The lowest BCUT2D eigenvalue weighted by Gasteiger charge is -2.17. The molecule has 0 radical (unpaired) electrons. The Morgan fingerprint density at radius 2 is 1.90 bits per heavy atom. The lowest BCUT2D eigenvalue weighted by molar-refractivity contribution is -0.138. The van der Waals surface area contributed by atoms with E-state index in [4.69, 9.17) is 15.1 Å². The molecule has 0 fully saturated rings. The van der Waals surface area contributed by atoms with Crippen molar-refractivity contribution in [3.63, 3.8) is 0 Å². The zero-order valence-corrected chi connectivity index (χ0v) is 15.1. The lowest BCUT2D eigenvalue weighted by Crippen LogP contribution is -2.32. The fraction of sp³-hybridized carbons (Fsp3) is 0.211. The SMILES string of the molecule is COc1ccc(CC(=O)O)cc1-c1ccc(C(F)(F)F)cc1CNC(=O)NC#N. The molecule has 3 N–H and O–H groups in total. The van der Waals surface area contributed by atoms with Gasteiger partial charge in [-0.25, -0.2) is 10.1 Å². The highest BCUT2D eigenvalue weighted by atomic mass is 19.4. The lowest BCUT2D eigenvalue weighted by atomic mass is 9.94. The van der Waals surface area contributed by atoms with Gasteiger partial charge in [0.2, 0.25) is 0 Å². The van der Waals surface area contributed by atoms with E-state index in [1.807, 2.05) is 5.32 Å². The van der Waals surface area contributed by atoms with Crippen molar-refractivity contribution in [1.82, 2.24) is 10.6 Å². The zero-order chi connectivity index (χ0) is 21.6. The van der Waals surface area contributed by atoms with Gasteiger partial charge >= 0.3 is 18.2 Å². The molecule has 0 aromatic heterocycles. The number of halogens is 3. The summed E-state index contributed by atoms with van der Waals surface area (Å²) in [5.74, 6) is -0.745. The topological polar surface area (TPSA) is 111 Å². The van der Waals surface area contributed by atoms with Crippen molar-refractivity contribution in [1.29, 1.82) is 5.26 Å². The van der Waals surface area contributed by atoms with E-state index < -0.39 is 23.7 Å². The van der Waals surface area contributed by atoms with Crippen molar-refractivity contribution < 1.29 is 32.6 Å². The standard InChI is InChI=1S/C19H16F3N3O4/c1-29-16-5-2-11(7-17(26)27)6-15(16)14-4-3-13(19(20,21)22)8-12(14)9-24-18(28)25-10-23/h2-6,8H,7,9H2,1H3,(H,26,27)(H2,24,25,28). The first-order chi connectivity index (χ1) is 13.7. The molecule has 152 valence electrons. The Morgan fingerprint density at radius 1 is 1.17 bits per heavy atom. The van der Waals surface area contributed by atoms with Gasteiger partial charge in [0.05, 0.1) is 19.1 Å². The minimum absolute atomic E-state index is 0.110. The van der Waals surface area contributed by atoms with Crippen LogP contribution >= 0.6 is 0 Å². The van der Waals surface area contributed by atoms with Crippen LogP contribution in [0, 0.1) is 11.5 Å². The summed E-state index contributed by atoms with van der Waals surface area (Å²) < 4.78 is 44.7. The van der Waals surface area contributed by atoms with Gasteiger partial charge in [0.1, 0.15) is 5.75 Å². The van der Waals surface area contributed by atoms with Crippen molar-refractivity contribution in [2.75, 3.05) is 7.11 Å². The molecule has 2 aromatic carbocycles. The molecule has 29 heavy (non-hydrogen) atoms. The predicted octanol–water partition coefficient (Wildman–Crippen LogP) is 3.29. The second-order valence-corrected chi connectivity index (χ2v) is 5.89. The van der Waals surface area contributed by atoms with Gasteiger partial charge in [0.15, 0.2) is 6.19 Å². The minimum Gasteiger partial charge on any atom is -0.496 e. The molecule has 0 aliphatic heterocycles. The number of hydrogen-bond acceptors (Lipinski definition) is 4. The van der Waals surface area contributed by atoms with Gasteiger partial charge in [0, 0.05) is 12.1 Å². The molecule has 2 aromatic rings. The third-order valence-electron chi connectivity index (χ3n) is 3.95. The number of carbonyl (C=O) groups excluding carboxylic acids is 1. The van der Waals surface area contributed by atoms with Crippen LogP contribution in [0.1, 0.15) is 16.7 Å². The van der Waals surface area contributed by atoms with Gasteiger partial charge < -0.3 is 15.2 Å². The summed E-state index contributed by atoms with van der Waals surface area (Å²) in [6.07, 6.45) is -3.47. The molecule has 0 spiro atoms. The summed E-state index contributed by atoms with van der Waals surface area (Å²) in [5.41, 5.74) is 0.309. The van der Waals surface area contributed by atoms with Gasteiger partial charge in [-0.05, 0) is 41.0 Å². The monoisotopic (exact) mass is 407 g/mol. The molecular formula is C19H16F3N3O4. The first-order valence-corrected chi connectivity index (χ1v) is 8.18. The first kappa shape index (κ1) is 21.6. The van der Waals surface area contributed by atoms with Gasteiger partial charge in [-0.2, -0.15) is 18.4 Å². The summed E-state index contributed by atoms with van der Waals surface area (Å²) in [6.45, 7) is -0.306. The fourth-order valence-corrected chi connectivity index (χ4v) is 2.70. The quantitative estimate of drug-likeness (QED) is 0.503. The first-order valence-electron chi connectivity index (χ1n) is 8.18. The van der Waals surface area contributed by atoms with Crippen molar-refractivity contribution in [2.45, 2.75) is 19.1 Å². The van der Waals surface area contributed by atoms with Gasteiger partial charge in [-0.15, -0.1) is 0 Å². The number of carboxylic acids is 1. The van der Waals surface area contributed by atoms with E-state index in [2.05, 4.69) is 5.32 Å². The van der Waals surface area contributed by atoms with Crippen LogP contribution < -0.4 is 15.4 Å². The second kappa shape index (κ2) is 8.97. The molecule has 0 saturated carbocycles. The number of alkyl halides is 3. The molecule has 2 rings (SSSR count). The van der Waals surface area contributed by atoms with E-state index in [9.17, 15) is 22.8 Å². The van der Waals surface area contributed by atoms with E-state index in [0.29, 0.717) is 22.4 Å². The van der Waals surface area contributed by atoms with Gasteiger partial charge in [-0.1, -0.05) is 12.1 Å². The van der Waals surface area contributed by atoms with E-state index >= 15 is 0 Å². The average Bonchev–Trinajstić information content (AvgIpc) is 2.65. The van der Waals surface area contributed by atoms with Crippen LogP contribution in [-0.2, 0) is 23.9 Å². The number of methoxy groups -OCH3 is 1. The maximum atomic E-state index is 13.1. The van der Waals surface area contributed by atoms with Gasteiger partial charge in [0.25, 0.3) is 0 Å². The number of benzene rings is 2. The van der Waals surface area contributed by atoms with E-state index in [-0.39, 0.29) is 18.5 Å². The van der Waals surface area contributed by atoms with E-state index in [1.165, 1.54) is 31.5 Å². The highest BCUT2D eigenvalue weighted by Gasteiger charge is 2.31. The highest BCUT2D eigenvalue weighted by molar-refractivity contribution is 5.78. The van der Waals surface area contributed by atoms with E-state index in [0.717, 1.165) is 12.1 Å². The molecule has 0 saturated heterocycles. The largest absolute Gasteiger partial charge is 0.496 e. The molecule has 7 nitrogen and oxygen atoms in total. The van der Waals surface area contributed by atoms with Crippen molar-refractivity contribution in [3.05, 3.63) is 53.1 Å². The number of carbonyl (C=O) groups is 2. The summed E-state index contributed by atoms with van der Waals surface area (Å²) in [5, 5.41) is 21.6. The minimum atomic E-state index is -4.60. The maximum absolute atomic E-state index is 13.1. The number of carboxylic acid groups (broad SMARTS) is 1. The van der Waals surface area contributed by atoms with Crippen LogP contribution in [0.3, 0.4) is 0 Å². The Labute approximate surface area is 163 Å². The highest BCUT2D eigenvalue weighted by Crippen LogP contribution is 2.37. The Morgan fingerprint density at radius 3 is 2.48 bits per heavy atom. The molecule has 10 heteroatoms. The Hall–Kier alpha value is -3.74. The van der Waals surface area contributed by atoms with Crippen LogP contribution in [0.5, 0.6) is 5.75 Å². The molecule has 0 heterocycles. The number of aliphatic carboxylic acids is 1. The van der Waals surface area contributed by atoms with Crippen LogP contribution in [0.25, 0.3) is 11.1 Å². The Kier molecular flexibility index (Phi) is 6.67.